The van der Waals surface area contributed by atoms with Crippen molar-refractivity contribution in [3.63, 3.8) is 0 Å². The monoisotopic (exact) mass is 1120 g/mol. The Bertz CT molecular complexity index is 3530. The van der Waals surface area contributed by atoms with Gasteiger partial charge in [-0.25, -0.2) is 9.37 Å². The molecule has 0 aliphatic heterocycles. The Hall–Kier alpha value is -6.30. The van der Waals surface area contributed by atoms with Crippen molar-refractivity contribution in [3.8, 4) is 44.8 Å². The maximum absolute atomic E-state index is 11.1. The number of para-hydroxylation sites is 3. The van der Waals surface area contributed by atoms with Crippen molar-refractivity contribution in [2.75, 3.05) is 11.3 Å². The number of aromatic nitrogens is 2. The Morgan fingerprint density at radius 3 is 1.77 bits per heavy atom. The van der Waals surface area contributed by atoms with Gasteiger partial charge in [0.15, 0.2) is 6.20 Å². The molecule has 70 heavy (non-hydrogen) atoms. The number of aromatic amines is 1. The van der Waals surface area contributed by atoms with E-state index in [1.165, 1.54) is 72.0 Å². The van der Waals surface area contributed by atoms with E-state index in [9.17, 15) is 9.50 Å². The van der Waals surface area contributed by atoms with Gasteiger partial charge in [0.25, 0.3) is 0 Å². The number of hydrogen-bond acceptors (Lipinski definition) is 2. The third kappa shape index (κ3) is 9.88. The van der Waals surface area contributed by atoms with Crippen LogP contribution in [0, 0.1) is 0 Å². The summed E-state index contributed by atoms with van der Waals surface area (Å²) < 4.78 is 13.0. The van der Waals surface area contributed by atoms with E-state index in [0.29, 0.717) is 5.52 Å². The number of halogens is 1. The first kappa shape index (κ1) is 50.1. The molecule has 1 aliphatic carbocycles. The van der Waals surface area contributed by atoms with Crippen LogP contribution < -0.4 is 15.0 Å². The van der Waals surface area contributed by atoms with E-state index in [4.69, 9.17) is 0 Å². The normalized spacial score (nSPS) is 11.9. The van der Waals surface area contributed by atoms with Crippen molar-refractivity contribution >= 4 is 111 Å². The molecule has 1 unspecified atom stereocenters. The van der Waals surface area contributed by atoms with E-state index >= 15 is 0 Å². The van der Waals surface area contributed by atoms with Gasteiger partial charge in [0.2, 0.25) is 5.52 Å². The van der Waals surface area contributed by atoms with Crippen LogP contribution in [0.15, 0.2) is 231 Å². The minimum Gasteiger partial charge on any atom is -1.00 e. The van der Waals surface area contributed by atoms with Gasteiger partial charge >= 0.3 is 26.2 Å². The van der Waals surface area contributed by atoms with Gasteiger partial charge < -0.3 is 33.4 Å². The van der Waals surface area contributed by atoms with E-state index in [1.807, 2.05) is 18.2 Å². The number of nitrogens with zero attached hydrogens (tertiary/aromatic N) is 2. The van der Waals surface area contributed by atoms with Gasteiger partial charge in [-0.3, -0.25) is 0 Å². The number of hydrogen-bond donors (Lipinski definition) is 0. The topological polar surface area (TPSA) is 45.4 Å². The fourth-order valence-corrected chi connectivity index (χ4v) is 9.65. The average molecular weight is 1120 g/mol. The molecule has 2 aromatic heterocycles. The van der Waals surface area contributed by atoms with Crippen LogP contribution in [0.2, 0.25) is 0 Å². The summed E-state index contributed by atoms with van der Waals surface area (Å²) in [5.41, 5.74) is 17.8. The maximum Gasteiger partial charge on any atom is 0.202 e. The fourth-order valence-electron chi connectivity index (χ4n) is 9.65. The standard InChI is InChI=1S/C51H38N2.C9H7NO.CH3BFP.Bi.Li.2H/c1-51(2)47-19-11-9-17-43(47)44-31-30-42(34-48(44)51)52(40-26-21-36(22-27-40)35-13-5-3-6-14-35)41-28-23-37(24-29-41)38-25-32-50-46(33-38)45-18-10-12-20-49(45)53(50)39-15-7-4-8-16-39;11-8-5-1-3-7-4-2-6-10-9(7)8;2-4-1-3;;;;/h3-34H,1-2H3;1-6,11H;4H,1H2;;;;/q;;;;-1;;. The summed E-state index contributed by atoms with van der Waals surface area (Å²) in [4.78, 5) is 5.30. The first-order valence-corrected chi connectivity index (χ1v) is 24.1. The molecule has 11 aromatic rings. The molecule has 9 heteroatoms. The molecule has 337 valence electrons. The van der Waals surface area contributed by atoms with Crippen LogP contribution >= 0.6 is 8.46 Å². The number of nitrogens with one attached hydrogen (secondary N) is 1. The average Bonchev–Trinajstić information content (AvgIpc) is 3.85. The van der Waals surface area contributed by atoms with Crippen LogP contribution in [0.25, 0.3) is 71.8 Å². The Morgan fingerprint density at radius 2 is 1.09 bits per heavy atom. The van der Waals surface area contributed by atoms with Gasteiger partial charge in [0.1, 0.15) is 7.57 Å². The minimum atomic E-state index is -0.375. The van der Waals surface area contributed by atoms with Crippen LogP contribution in [-0.2, 0) is 5.41 Å². The minimum absolute atomic E-state index is 0. The molecule has 9 aromatic carbocycles. The van der Waals surface area contributed by atoms with Crippen molar-refractivity contribution in [2.45, 2.75) is 19.3 Å². The third-order valence-electron chi connectivity index (χ3n) is 12.9. The summed E-state index contributed by atoms with van der Waals surface area (Å²) in [6.07, 6.45) is 1.38. The van der Waals surface area contributed by atoms with Gasteiger partial charge in [0, 0.05) is 50.4 Å². The molecule has 1 aliphatic rings. The van der Waals surface area contributed by atoms with Crippen LogP contribution in [-0.4, -0.2) is 63.6 Å². The molecule has 1 N–H and O–H groups in total. The second-order valence-corrected chi connectivity index (χ2v) is 18.0. The predicted molar refractivity (Wildman–Crippen MR) is 298 cm³/mol. The molecule has 4 nitrogen and oxygen atoms in total. The third-order valence-corrected chi connectivity index (χ3v) is 13.1. The molecule has 2 heterocycles. The second-order valence-electron chi connectivity index (χ2n) is 17.3. The zero-order chi connectivity index (χ0) is 46.6. The quantitative estimate of drug-likeness (QED) is 0.118. The molecule has 0 bridgehead atoms. The van der Waals surface area contributed by atoms with Crippen LogP contribution in [0.1, 0.15) is 25.0 Å². The van der Waals surface area contributed by atoms with Gasteiger partial charge in [-0.1, -0.05) is 153 Å². The Labute approximate surface area is 443 Å². The molecule has 12 rings (SSSR count). The van der Waals surface area contributed by atoms with E-state index in [2.05, 4.69) is 230 Å². The SMILES string of the molecule is CC1(C)c2ccccc2-c2ccc(N(c3ccc(-c4ccccc4)cc3)c3ccc(-c4ccc5c(c4)c4ccccc4n5-c4ccccc4)cc3)cc21.[B]PCF.[BiH2].[Li-].[O-]c1cccc2ccc[nH+]c12. The van der Waals surface area contributed by atoms with E-state index in [0.717, 1.165) is 22.4 Å². The number of H-pyrrole nitrogens is 1. The summed E-state index contributed by atoms with van der Waals surface area (Å²) in [6, 6.07) is 79.8. The summed E-state index contributed by atoms with van der Waals surface area (Å²) in [5, 5.41) is 14.6. The molecular weight excluding hydrogens is 1070 g/mol. The van der Waals surface area contributed by atoms with Gasteiger partial charge in [-0.05, 0) is 129 Å². The van der Waals surface area contributed by atoms with Crippen LogP contribution in [0.5, 0.6) is 5.75 Å². The second kappa shape index (κ2) is 22.2. The summed E-state index contributed by atoms with van der Waals surface area (Å²) in [6.45, 7) is 4.70. The van der Waals surface area contributed by atoms with E-state index in [1.54, 1.807) is 18.3 Å². The molecule has 0 fully saturated rings. The summed E-state index contributed by atoms with van der Waals surface area (Å²) in [5.74, 6) is 0.0445. The maximum atomic E-state index is 11.1. The fraction of sp³-hybridized carbons (Fsp3) is 0.0656. The summed E-state index contributed by atoms with van der Waals surface area (Å²) in [7, 11) is 4.65. The zero-order valence-electron chi connectivity index (χ0n) is 39.5. The van der Waals surface area contributed by atoms with Crippen molar-refractivity contribution < 1.29 is 14.5 Å². The first-order valence-electron chi connectivity index (χ1n) is 22.8. The van der Waals surface area contributed by atoms with Gasteiger partial charge in [0.05, 0.1) is 17.4 Å². The van der Waals surface area contributed by atoms with Crippen molar-refractivity contribution in [1.82, 2.24) is 4.57 Å². The van der Waals surface area contributed by atoms with E-state index < -0.39 is 0 Å². The Morgan fingerprint density at radius 1 is 0.543 bits per heavy atom. The summed E-state index contributed by atoms with van der Waals surface area (Å²) >= 11 is 0. The van der Waals surface area contributed by atoms with Crippen molar-refractivity contribution in [1.29, 1.82) is 0 Å². The molecule has 0 amide bonds. The molecule has 0 spiro atoms. The molecule has 5 radical (unpaired) electrons. The number of fused-ring (bicyclic) bond motifs is 7. The molecule has 0 saturated carbocycles. The molecule has 1 atom stereocenters. The number of pyridine rings is 1. The number of alkyl halides is 1. The van der Waals surface area contributed by atoms with Crippen molar-refractivity contribution in [2.24, 2.45) is 0 Å². The molecular formula is C61H50BBiFLiN3OP-. The van der Waals surface area contributed by atoms with Crippen LogP contribution in [0.3, 0.4) is 0 Å². The van der Waals surface area contributed by atoms with Gasteiger partial charge in [-0.15, -0.1) is 8.46 Å². The zero-order valence-corrected chi connectivity index (χ0v) is 45.0. The number of rotatable bonds is 7. The first-order chi connectivity index (χ1) is 33.3. The van der Waals surface area contributed by atoms with Gasteiger partial charge in [-0.2, -0.15) is 0 Å². The smallest absolute Gasteiger partial charge is 0.202 e. The largest absolute Gasteiger partial charge is 1.00 e. The number of anilines is 3. The molecule has 0 saturated heterocycles. The Balaban J connectivity index is 0.000000333. The Kier molecular flexibility index (Phi) is 15.9. The van der Waals surface area contributed by atoms with Crippen LogP contribution in [0.4, 0.5) is 21.5 Å². The van der Waals surface area contributed by atoms with E-state index in [-0.39, 0.29) is 71.1 Å². The van der Waals surface area contributed by atoms with Crippen molar-refractivity contribution in [3.05, 3.63) is 242 Å². The number of benzene rings is 9. The predicted octanol–water partition coefficient (Wildman–Crippen LogP) is 14.0.